The highest BCUT2D eigenvalue weighted by Gasteiger charge is 2.33. The van der Waals surface area contributed by atoms with Crippen molar-refractivity contribution in [2.24, 2.45) is 0 Å². The Morgan fingerprint density at radius 3 is 2.78 bits per heavy atom. The maximum atomic E-state index is 11.8. The molecule has 0 spiro atoms. The third-order valence-electron chi connectivity index (χ3n) is 2.93. The molecule has 0 bridgehead atoms. The molecule has 5 heteroatoms. The molecule has 0 unspecified atom stereocenters. The fourth-order valence-corrected chi connectivity index (χ4v) is 1.75. The first-order valence-corrected chi connectivity index (χ1v) is 5.90. The third kappa shape index (κ3) is 3.00. The summed E-state index contributed by atoms with van der Waals surface area (Å²) in [6, 6.07) is 7.29. The predicted molar refractivity (Wildman–Crippen MR) is 68.9 cm³/mol. The van der Waals surface area contributed by atoms with E-state index in [0.29, 0.717) is 11.4 Å². The van der Waals surface area contributed by atoms with Crippen LogP contribution in [-0.2, 0) is 9.53 Å². The van der Waals surface area contributed by atoms with Crippen LogP contribution < -0.4 is 15.4 Å². The molecule has 2 rings (SSSR count). The zero-order valence-electron chi connectivity index (χ0n) is 10.7. The van der Waals surface area contributed by atoms with Crippen LogP contribution >= 0.6 is 0 Å². The molecule has 1 saturated heterocycles. The summed E-state index contributed by atoms with van der Waals surface area (Å²) in [4.78, 5) is 11.8. The lowest BCUT2D eigenvalue weighted by atomic mass is 10.0. The molecule has 2 N–H and O–H groups in total. The third-order valence-corrected chi connectivity index (χ3v) is 2.93. The van der Waals surface area contributed by atoms with E-state index in [-0.39, 0.29) is 18.1 Å². The topological polar surface area (TPSA) is 59.6 Å². The first-order valence-electron chi connectivity index (χ1n) is 5.90. The lowest BCUT2D eigenvalue weighted by Gasteiger charge is -2.38. The second-order valence-corrected chi connectivity index (χ2v) is 4.59. The minimum absolute atomic E-state index is 0.0518. The number of anilines is 1. The van der Waals surface area contributed by atoms with Gasteiger partial charge >= 0.3 is 0 Å². The maximum absolute atomic E-state index is 11.8. The largest absolute Gasteiger partial charge is 0.495 e. The van der Waals surface area contributed by atoms with Gasteiger partial charge in [-0.15, -0.1) is 0 Å². The molecule has 0 aliphatic carbocycles. The van der Waals surface area contributed by atoms with Crippen molar-refractivity contribution >= 4 is 11.6 Å². The molecule has 1 aromatic rings. The highest BCUT2D eigenvalue weighted by molar-refractivity contribution is 5.93. The van der Waals surface area contributed by atoms with Crippen LogP contribution in [0.2, 0.25) is 0 Å². The Kier molecular flexibility index (Phi) is 3.84. The van der Waals surface area contributed by atoms with Crippen LogP contribution in [0.5, 0.6) is 5.75 Å². The van der Waals surface area contributed by atoms with Crippen LogP contribution in [-0.4, -0.2) is 38.3 Å². The Bertz CT molecular complexity index is 430. The number of nitrogens with one attached hydrogen (secondary N) is 2. The molecule has 0 saturated carbocycles. The number of amides is 1. The normalized spacial score (nSPS) is 16.8. The maximum Gasteiger partial charge on any atom is 0.250 e. The van der Waals surface area contributed by atoms with E-state index < -0.39 is 0 Å². The smallest absolute Gasteiger partial charge is 0.250 e. The molecule has 1 fully saturated rings. The summed E-state index contributed by atoms with van der Waals surface area (Å²) in [6.45, 7) is 3.61. The van der Waals surface area contributed by atoms with Crippen LogP contribution in [0.4, 0.5) is 5.69 Å². The monoisotopic (exact) mass is 250 g/mol. The molecule has 1 aliphatic rings. The van der Waals surface area contributed by atoms with Crippen molar-refractivity contribution in [3.05, 3.63) is 24.3 Å². The minimum Gasteiger partial charge on any atom is -0.495 e. The number of carbonyl (C=O) groups is 1. The van der Waals surface area contributed by atoms with E-state index in [9.17, 15) is 4.79 Å². The lowest BCUT2D eigenvalue weighted by molar-refractivity contribution is -0.130. The first-order chi connectivity index (χ1) is 8.63. The summed E-state index contributed by atoms with van der Waals surface area (Å²) in [7, 11) is 1.57. The minimum atomic E-state index is -0.210. The van der Waals surface area contributed by atoms with Gasteiger partial charge in [0.25, 0.3) is 5.91 Å². The molecular formula is C13H18N2O3. The second kappa shape index (κ2) is 5.37. The van der Waals surface area contributed by atoms with Crippen molar-refractivity contribution in [1.29, 1.82) is 0 Å². The van der Waals surface area contributed by atoms with E-state index in [0.717, 1.165) is 13.1 Å². The van der Waals surface area contributed by atoms with Gasteiger partial charge in [0.2, 0.25) is 0 Å². The van der Waals surface area contributed by atoms with E-state index in [1.165, 1.54) is 0 Å². The molecule has 0 aromatic heterocycles. The van der Waals surface area contributed by atoms with E-state index in [1.54, 1.807) is 19.2 Å². The summed E-state index contributed by atoms with van der Waals surface area (Å²) in [6.07, 6.45) is 0. The quantitative estimate of drug-likeness (QED) is 0.819. The predicted octanol–water partition coefficient (Wildman–Crippen LogP) is 1.01. The van der Waals surface area contributed by atoms with Crippen LogP contribution in [0.3, 0.4) is 0 Å². The number of rotatable bonds is 5. The fourth-order valence-electron chi connectivity index (χ4n) is 1.75. The van der Waals surface area contributed by atoms with Crippen LogP contribution in [0, 0.1) is 0 Å². The molecule has 98 valence electrons. The Morgan fingerprint density at radius 2 is 2.17 bits per heavy atom. The van der Waals surface area contributed by atoms with Gasteiger partial charge in [0.1, 0.15) is 12.4 Å². The van der Waals surface area contributed by atoms with Crippen molar-refractivity contribution in [2.75, 3.05) is 32.1 Å². The number of carbonyl (C=O) groups excluding carboxylic acids is 1. The number of hydrogen-bond donors (Lipinski definition) is 2. The molecule has 0 radical (unpaired) electrons. The number of ether oxygens (including phenoxy) is 2. The van der Waals surface area contributed by atoms with Crippen LogP contribution in [0.15, 0.2) is 24.3 Å². The average molecular weight is 250 g/mol. The van der Waals surface area contributed by atoms with Gasteiger partial charge in [-0.25, -0.2) is 0 Å². The van der Waals surface area contributed by atoms with Crippen molar-refractivity contribution in [1.82, 2.24) is 5.32 Å². The lowest BCUT2D eigenvalue weighted by Crippen LogP contribution is -2.59. The van der Waals surface area contributed by atoms with Crippen molar-refractivity contribution < 1.29 is 14.3 Å². The number of methoxy groups -OCH3 is 1. The Balaban J connectivity index is 1.86. The zero-order chi connectivity index (χ0) is 13.0. The van der Waals surface area contributed by atoms with Crippen LogP contribution in [0.1, 0.15) is 6.92 Å². The van der Waals surface area contributed by atoms with E-state index >= 15 is 0 Å². The molecule has 1 heterocycles. The number of hydrogen-bond acceptors (Lipinski definition) is 4. The second-order valence-electron chi connectivity index (χ2n) is 4.59. The van der Waals surface area contributed by atoms with Gasteiger partial charge in [-0.1, -0.05) is 12.1 Å². The van der Waals surface area contributed by atoms with Gasteiger partial charge in [-0.05, 0) is 19.1 Å². The van der Waals surface area contributed by atoms with E-state index in [1.807, 2.05) is 19.1 Å². The highest BCUT2D eigenvalue weighted by Crippen LogP contribution is 2.23. The Hall–Kier alpha value is -1.59. The molecule has 1 aliphatic heterocycles. The average Bonchev–Trinajstić information content (AvgIpc) is 2.35. The van der Waals surface area contributed by atoms with E-state index in [2.05, 4.69) is 10.6 Å². The summed E-state index contributed by atoms with van der Waals surface area (Å²) < 4.78 is 10.7. The van der Waals surface area contributed by atoms with Gasteiger partial charge in [-0.2, -0.15) is 0 Å². The standard InChI is InChI=1S/C13H18N2O3/c1-13(8-14-9-13)18-7-12(16)15-10-5-3-4-6-11(10)17-2/h3-6,14H,7-9H2,1-2H3,(H,15,16). The molecule has 1 amide bonds. The fraction of sp³-hybridized carbons (Fsp3) is 0.462. The van der Waals surface area contributed by atoms with Gasteiger partial charge in [0.15, 0.2) is 0 Å². The summed E-state index contributed by atoms with van der Waals surface area (Å²) in [5.41, 5.74) is 0.448. The molecule has 5 nitrogen and oxygen atoms in total. The van der Waals surface area contributed by atoms with Crippen LogP contribution in [0.25, 0.3) is 0 Å². The highest BCUT2D eigenvalue weighted by atomic mass is 16.5. The number of benzene rings is 1. The SMILES string of the molecule is COc1ccccc1NC(=O)COC1(C)CNC1. The first kappa shape index (κ1) is 12.9. The molecule has 0 atom stereocenters. The molecule has 18 heavy (non-hydrogen) atoms. The van der Waals surface area contributed by atoms with Gasteiger partial charge in [0, 0.05) is 13.1 Å². The van der Waals surface area contributed by atoms with Gasteiger partial charge in [-0.3, -0.25) is 4.79 Å². The number of para-hydroxylation sites is 2. The van der Waals surface area contributed by atoms with Crippen molar-refractivity contribution in [3.8, 4) is 5.75 Å². The Labute approximate surface area is 106 Å². The summed E-state index contributed by atoms with van der Waals surface area (Å²) >= 11 is 0. The zero-order valence-corrected chi connectivity index (χ0v) is 10.7. The molecular weight excluding hydrogens is 232 g/mol. The van der Waals surface area contributed by atoms with Crippen molar-refractivity contribution in [2.45, 2.75) is 12.5 Å². The van der Waals surface area contributed by atoms with Crippen molar-refractivity contribution in [3.63, 3.8) is 0 Å². The van der Waals surface area contributed by atoms with Gasteiger partial charge < -0.3 is 20.1 Å². The Morgan fingerprint density at radius 1 is 1.44 bits per heavy atom. The van der Waals surface area contributed by atoms with Gasteiger partial charge in [0.05, 0.1) is 18.4 Å². The summed E-state index contributed by atoms with van der Waals surface area (Å²) in [5, 5.41) is 5.89. The summed E-state index contributed by atoms with van der Waals surface area (Å²) in [5.74, 6) is 0.468. The molecule has 1 aromatic carbocycles. The van der Waals surface area contributed by atoms with E-state index in [4.69, 9.17) is 9.47 Å².